The van der Waals surface area contributed by atoms with Crippen LogP contribution in [0.1, 0.15) is 52.0 Å². The molecule has 1 N–H and O–H groups in total. The molecular weight excluding hydrogens is 412 g/mol. The van der Waals surface area contributed by atoms with Gasteiger partial charge in [0.1, 0.15) is 6.54 Å². The van der Waals surface area contributed by atoms with Crippen molar-refractivity contribution in [1.82, 2.24) is 9.88 Å². The number of carbonyl (C=O) groups is 3. The van der Waals surface area contributed by atoms with Crippen molar-refractivity contribution in [2.45, 2.75) is 33.7 Å². The Morgan fingerprint density at radius 3 is 2.48 bits per heavy atom. The average molecular weight is 435 g/mol. The first-order valence-electron chi connectivity index (χ1n) is 8.61. The van der Waals surface area contributed by atoms with Gasteiger partial charge in [0, 0.05) is 33.0 Å². The Kier molecular flexibility index (Phi) is 6.96. The molecule has 0 atom stereocenters. The van der Waals surface area contributed by atoms with Crippen molar-refractivity contribution in [3.05, 3.63) is 57.3 Å². The van der Waals surface area contributed by atoms with Gasteiger partial charge in [0.2, 0.25) is 5.78 Å². The fourth-order valence-corrected chi connectivity index (χ4v) is 3.41. The van der Waals surface area contributed by atoms with Crippen molar-refractivity contribution in [3.8, 4) is 0 Å². The highest BCUT2D eigenvalue weighted by Crippen LogP contribution is 2.20. The normalized spacial score (nSPS) is 10.7. The Bertz CT molecular complexity index is 871. The van der Waals surface area contributed by atoms with Gasteiger partial charge in [-0.15, -0.1) is 0 Å². The molecule has 144 valence electrons. The van der Waals surface area contributed by atoms with Crippen LogP contribution in [0.4, 0.5) is 0 Å². The number of aromatic nitrogens is 1. The standard InChI is InChI=1S/C20H23BrN2O4/c1-12(2)23-13(3)8-17(14(23)4)18(24)11-27-19(25)10-22-20(26)15-6-5-7-16(21)9-15/h5-9,12H,10-11H2,1-4H3,(H,22,26). The van der Waals surface area contributed by atoms with E-state index in [9.17, 15) is 14.4 Å². The van der Waals surface area contributed by atoms with Gasteiger partial charge in [-0.1, -0.05) is 22.0 Å². The lowest BCUT2D eigenvalue weighted by Gasteiger charge is -2.13. The Hall–Kier alpha value is -2.41. The van der Waals surface area contributed by atoms with E-state index in [0.717, 1.165) is 15.9 Å². The Morgan fingerprint density at radius 2 is 1.89 bits per heavy atom. The highest BCUT2D eigenvalue weighted by Gasteiger charge is 2.18. The predicted molar refractivity (Wildman–Crippen MR) is 106 cm³/mol. The molecule has 0 aliphatic carbocycles. The summed E-state index contributed by atoms with van der Waals surface area (Å²) in [6, 6.07) is 8.85. The summed E-state index contributed by atoms with van der Waals surface area (Å²) in [4.78, 5) is 36.2. The number of carbonyl (C=O) groups excluding carboxylic acids is 3. The van der Waals surface area contributed by atoms with Crippen molar-refractivity contribution < 1.29 is 19.1 Å². The SMILES string of the molecule is Cc1cc(C(=O)COC(=O)CNC(=O)c2cccc(Br)c2)c(C)n1C(C)C. The summed E-state index contributed by atoms with van der Waals surface area (Å²) in [5, 5.41) is 2.48. The number of hydrogen-bond acceptors (Lipinski definition) is 4. The van der Waals surface area contributed by atoms with E-state index in [1.165, 1.54) is 0 Å². The summed E-state index contributed by atoms with van der Waals surface area (Å²) in [6.45, 7) is 7.25. The summed E-state index contributed by atoms with van der Waals surface area (Å²) >= 11 is 3.28. The summed E-state index contributed by atoms with van der Waals surface area (Å²) in [5.74, 6) is -1.31. The van der Waals surface area contributed by atoms with Gasteiger partial charge in [-0.2, -0.15) is 0 Å². The molecule has 0 unspecified atom stereocenters. The molecule has 2 aromatic rings. The van der Waals surface area contributed by atoms with Crippen LogP contribution in [0.5, 0.6) is 0 Å². The zero-order chi connectivity index (χ0) is 20.1. The van der Waals surface area contributed by atoms with Crippen molar-refractivity contribution in [1.29, 1.82) is 0 Å². The fraction of sp³-hybridized carbons (Fsp3) is 0.350. The minimum absolute atomic E-state index is 0.238. The second-order valence-electron chi connectivity index (χ2n) is 6.53. The number of benzene rings is 1. The number of amides is 1. The third kappa shape index (κ3) is 5.29. The molecule has 0 aliphatic heterocycles. The van der Waals surface area contributed by atoms with E-state index < -0.39 is 5.97 Å². The maximum Gasteiger partial charge on any atom is 0.325 e. The first-order chi connectivity index (χ1) is 12.7. The quantitative estimate of drug-likeness (QED) is 0.533. The summed E-state index contributed by atoms with van der Waals surface area (Å²) < 4.78 is 7.84. The number of ether oxygens (including phenoxy) is 1. The van der Waals surface area contributed by atoms with E-state index in [2.05, 4.69) is 25.8 Å². The van der Waals surface area contributed by atoms with E-state index in [4.69, 9.17) is 4.74 Å². The van der Waals surface area contributed by atoms with Crippen molar-refractivity contribution >= 4 is 33.6 Å². The number of aryl methyl sites for hydroxylation is 1. The molecule has 1 amide bonds. The third-order valence-electron chi connectivity index (χ3n) is 4.15. The molecule has 0 fully saturated rings. The molecule has 0 spiro atoms. The molecule has 0 bridgehead atoms. The van der Waals surface area contributed by atoms with Gasteiger partial charge in [-0.3, -0.25) is 14.4 Å². The van der Waals surface area contributed by atoms with Crippen LogP contribution in [-0.2, 0) is 9.53 Å². The van der Waals surface area contributed by atoms with E-state index in [1.54, 1.807) is 30.3 Å². The van der Waals surface area contributed by atoms with Crippen LogP contribution in [0, 0.1) is 13.8 Å². The highest BCUT2D eigenvalue weighted by molar-refractivity contribution is 9.10. The lowest BCUT2D eigenvalue weighted by molar-refractivity contribution is -0.141. The third-order valence-corrected chi connectivity index (χ3v) is 4.64. The molecule has 2 rings (SSSR count). The predicted octanol–water partition coefficient (Wildman–Crippen LogP) is 3.60. The maximum absolute atomic E-state index is 12.4. The van der Waals surface area contributed by atoms with Gasteiger partial charge < -0.3 is 14.6 Å². The summed E-state index contributed by atoms with van der Waals surface area (Å²) in [7, 11) is 0. The van der Waals surface area contributed by atoms with Crippen molar-refractivity contribution in [2.75, 3.05) is 13.2 Å². The molecule has 27 heavy (non-hydrogen) atoms. The zero-order valence-corrected chi connectivity index (χ0v) is 17.4. The largest absolute Gasteiger partial charge is 0.456 e. The molecule has 0 saturated heterocycles. The van der Waals surface area contributed by atoms with E-state index in [-0.39, 0.29) is 30.9 Å². The lowest BCUT2D eigenvalue weighted by atomic mass is 10.1. The number of halogens is 1. The monoisotopic (exact) mass is 434 g/mol. The molecule has 1 aromatic heterocycles. The molecule has 0 radical (unpaired) electrons. The van der Waals surface area contributed by atoms with Crippen molar-refractivity contribution in [3.63, 3.8) is 0 Å². The number of nitrogens with one attached hydrogen (secondary N) is 1. The average Bonchev–Trinajstić information content (AvgIpc) is 2.92. The maximum atomic E-state index is 12.4. The minimum Gasteiger partial charge on any atom is -0.456 e. The fourth-order valence-electron chi connectivity index (χ4n) is 3.01. The topological polar surface area (TPSA) is 77.4 Å². The van der Waals surface area contributed by atoms with E-state index in [1.807, 2.05) is 27.7 Å². The van der Waals surface area contributed by atoms with E-state index >= 15 is 0 Å². The van der Waals surface area contributed by atoms with Crippen LogP contribution in [0.2, 0.25) is 0 Å². The molecule has 6 nitrogen and oxygen atoms in total. The number of Topliss-reactive ketones (excluding diaryl/α,β-unsaturated/α-hetero) is 1. The van der Waals surface area contributed by atoms with Crippen LogP contribution in [0.3, 0.4) is 0 Å². The Balaban J connectivity index is 1.88. The number of ketones is 1. The number of esters is 1. The lowest BCUT2D eigenvalue weighted by Crippen LogP contribution is -2.31. The van der Waals surface area contributed by atoms with Crippen LogP contribution in [-0.4, -0.2) is 35.4 Å². The second kappa shape index (κ2) is 8.99. The van der Waals surface area contributed by atoms with Crippen LogP contribution in [0.25, 0.3) is 0 Å². The van der Waals surface area contributed by atoms with Crippen LogP contribution >= 0.6 is 15.9 Å². The van der Waals surface area contributed by atoms with Gasteiger partial charge in [0.15, 0.2) is 6.61 Å². The Labute approximate surface area is 167 Å². The summed E-state index contributed by atoms with van der Waals surface area (Å²) in [6.07, 6.45) is 0. The number of rotatable bonds is 7. The first kappa shape index (κ1) is 20.9. The smallest absolute Gasteiger partial charge is 0.325 e. The van der Waals surface area contributed by atoms with Gasteiger partial charge in [-0.05, 0) is 52.0 Å². The molecule has 0 saturated carbocycles. The van der Waals surface area contributed by atoms with E-state index in [0.29, 0.717) is 11.1 Å². The minimum atomic E-state index is -0.663. The number of hydrogen-bond donors (Lipinski definition) is 1. The van der Waals surface area contributed by atoms with Gasteiger partial charge in [0.25, 0.3) is 5.91 Å². The van der Waals surface area contributed by atoms with Gasteiger partial charge in [-0.25, -0.2) is 0 Å². The Morgan fingerprint density at radius 1 is 1.19 bits per heavy atom. The molecular formula is C20H23BrN2O4. The molecule has 1 heterocycles. The van der Waals surface area contributed by atoms with Gasteiger partial charge >= 0.3 is 5.97 Å². The van der Waals surface area contributed by atoms with Crippen LogP contribution < -0.4 is 5.32 Å². The molecule has 1 aromatic carbocycles. The van der Waals surface area contributed by atoms with Gasteiger partial charge in [0.05, 0.1) is 0 Å². The number of nitrogens with zero attached hydrogens (tertiary/aromatic N) is 1. The molecule has 7 heteroatoms. The first-order valence-corrected chi connectivity index (χ1v) is 9.41. The summed E-state index contributed by atoms with van der Waals surface area (Å²) in [5.41, 5.74) is 2.81. The second-order valence-corrected chi connectivity index (χ2v) is 7.44. The molecule has 0 aliphatic rings. The zero-order valence-electron chi connectivity index (χ0n) is 15.8. The van der Waals surface area contributed by atoms with Crippen molar-refractivity contribution in [2.24, 2.45) is 0 Å². The highest BCUT2D eigenvalue weighted by atomic mass is 79.9. The van der Waals surface area contributed by atoms with Crippen LogP contribution in [0.15, 0.2) is 34.8 Å².